The maximum absolute atomic E-state index is 11.6. The number of benzene rings is 1. The average molecular weight is 271 g/mol. The van der Waals surface area contributed by atoms with Crippen LogP contribution in [-0.4, -0.2) is 36.1 Å². The van der Waals surface area contributed by atoms with E-state index >= 15 is 0 Å². The highest BCUT2D eigenvalue weighted by atomic mass is 35.5. The van der Waals surface area contributed by atoms with Gasteiger partial charge in [-0.25, -0.2) is 0 Å². The number of hydrogen-bond acceptors (Lipinski definition) is 3. The first kappa shape index (κ1) is 14.5. The molecule has 0 radical (unpaired) electrons. The van der Waals surface area contributed by atoms with Gasteiger partial charge in [0.05, 0.1) is 12.6 Å². The molecule has 1 rings (SSSR count). The number of aliphatic hydroxyl groups is 1. The number of carbonyl (C=O) groups excluding carboxylic acids is 2. The molecule has 1 aromatic rings. The van der Waals surface area contributed by atoms with Crippen LogP contribution in [0.25, 0.3) is 0 Å². The molecular weight excluding hydrogens is 256 g/mol. The van der Waals surface area contributed by atoms with Crippen LogP contribution < -0.4 is 10.6 Å². The van der Waals surface area contributed by atoms with E-state index in [-0.39, 0.29) is 24.9 Å². The quantitative estimate of drug-likeness (QED) is 0.732. The summed E-state index contributed by atoms with van der Waals surface area (Å²) in [7, 11) is 0. The zero-order chi connectivity index (χ0) is 13.5. The SMILES string of the molecule is C[C@@H](O)CNC(=O)CNC(=O)c1ccc(Cl)cc1. The Labute approximate surface area is 110 Å². The fourth-order valence-corrected chi connectivity index (χ4v) is 1.31. The summed E-state index contributed by atoms with van der Waals surface area (Å²) < 4.78 is 0. The third-order valence-corrected chi connectivity index (χ3v) is 2.36. The van der Waals surface area contributed by atoms with Gasteiger partial charge in [0.15, 0.2) is 0 Å². The summed E-state index contributed by atoms with van der Waals surface area (Å²) in [5.74, 6) is -0.697. The van der Waals surface area contributed by atoms with Crippen molar-refractivity contribution in [2.75, 3.05) is 13.1 Å². The van der Waals surface area contributed by atoms with Crippen molar-refractivity contribution in [3.8, 4) is 0 Å². The third-order valence-electron chi connectivity index (χ3n) is 2.11. The van der Waals surface area contributed by atoms with E-state index in [1.54, 1.807) is 31.2 Å². The minimum Gasteiger partial charge on any atom is -0.392 e. The minimum absolute atomic E-state index is 0.131. The maximum atomic E-state index is 11.6. The Morgan fingerprint density at radius 3 is 2.44 bits per heavy atom. The van der Waals surface area contributed by atoms with Gasteiger partial charge >= 0.3 is 0 Å². The fraction of sp³-hybridized carbons (Fsp3) is 0.333. The molecule has 1 aromatic carbocycles. The van der Waals surface area contributed by atoms with Crippen LogP contribution in [0.5, 0.6) is 0 Å². The fourth-order valence-electron chi connectivity index (χ4n) is 1.19. The lowest BCUT2D eigenvalue weighted by atomic mass is 10.2. The van der Waals surface area contributed by atoms with Crippen LogP contribution in [0.15, 0.2) is 24.3 Å². The van der Waals surface area contributed by atoms with Gasteiger partial charge in [-0.15, -0.1) is 0 Å². The summed E-state index contributed by atoms with van der Waals surface area (Å²) in [6.07, 6.45) is -0.610. The van der Waals surface area contributed by atoms with Gasteiger partial charge in [0.1, 0.15) is 0 Å². The lowest BCUT2D eigenvalue weighted by Crippen LogP contribution is -2.39. The van der Waals surface area contributed by atoms with E-state index in [9.17, 15) is 9.59 Å². The number of carbonyl (C=O) groups is 2. The largest absolute Gasteiger partial charge is 0.392 e. The molecular formula is C12H15ClN2O3. The standard InChI is InChI=1S/C12H15ClN2O3/c1-8(16)6-14-11(17)7-15-12(18)9-2-4-10(13)5-3-9/h2-5,8,16H,6-7H2,1H3,(H,14,17)(H,15,18)/t8-/m1/s1. The van der Waals surface area contributed by atoms with E-state index < -0.39 is 6.10 Å². The third kappa shape index (κ3) is 5.16. The van der Waals surface area contributed by atoms with Gasteiger partial charge in [-0.2, -0.15) is 0 Å². The molecule has 0 aromatic heterocycles. The number of halogens is 1. The lowest BCUT2D eigenvalue weighted by molar-refractivity contribution is -0.120. The van der Waals surface area contributed by atoms with Gasteiger partial charge in [-0.05, 0) is 31.2 Å². The van der Waals surface area contributed by atoms with Crippen LogP contribution in [0.4, 0.5) is 0 Å². The minimum atomic E-state index is -0.610. The summed E-state index contributed by atoms with van der Waals surface area (Å²) in [4.78, 5) is 22.9. The van der Waals surface area contributed by atoms with Crippen molar-refractivity contribution in [1.82, 2.24) is 10.6 Å². The molecule has 0 unspecified atom stereocenters. The molecule has 6 heteroatoms. The molecule has 0 heterocycles. The zero-order valence-corrected chi connectivity index (χ0v) is 10.7. The molecule has 0 bridgehead atoms. The van der Waals surface area contributed by atoms with Crippen molar-refractivity contribution in [2.45, 2.75) is 13.0 Å². The van der Waals surface area contributed by atoms with E-state index in [0.29, 0.717) is 10.6 Å². The molecule has 0 fully saturated rings. The second kappa shape index (κ2) is 6.98. The summed E-state index contributed by atoms with van der Waals surface area (Å²) in [5, 5.41) is 14.5. The molecule has 18 heavy (non-hydrogen) atoms. The number of nitrogens with one attached hydrogen (secondary N) is 2. The van der Waals surface area contributed by atoms with Crippen molar-refractivity contribution in [1.29, 1.82) is 0 Å². The molecule has 0 aliphatic carbocycles. The van der Waals surface area contributed by atoms with Gasteiger partial charge in [0.25, 0.3) is 5.91 Å². The van der Waals surface area contributed by atoms with Gasteiger partial charge < -0.3 is 15.7 Å². The molecule has 1 atom stereocenters. The summed E-state index contributed by atoms with van der Waals surface area (Å²) in [6.45, 7) is 1.59. The highest BCUT2D eigenvalue weighted by Crippen LogP contribution is 2.09. The topological polar surface area (TPSA) is 78.4 Å². The zero-order valence-electron chi connectivity index (χ0n) is 9.94. The van der Waals surface area contributed by atoms with E-state index in [1.165, 1.54) is 0 Å². The van der Waals surface area contributed by atoms with Crippen LogP contribution in [0.3, 0.4) is 0 Å². The Balaban J connectivity index is 2.37. The van der Waals surface area contributed by atoms with Gasteiger partial charge in [-0.3, -0.25) is 9.59 Å². The smallest absolute Gasteiger partial charge is 0.251 e. The van der Waals surface area contributed by atoms with Crippen LogP contribution in [0, 0.1) is 0 Å². The molecule has 0 aliphatic heterocycles. The molecule has 5 nitrogen and oxygen atoms in total. The molecule has 0 spiro atoms. The number of amides is 2. The van der Waals surface area contributed by atoms with Crippen molar-refractivity contribution in [3.05, 3.63) is 34.9 Å². The van der Waals surface area contributed by atoms with Crippen LogP contribution in [0.2, 0.25) is 5.02 Å². The Morgan fingerprint density at radius 2 is 1.89 bits per heavy atom. The van der Waals surface area contributed by atoms with Crippen LogP contribution in [0.1, 0.15) is 17.3 Å². The Bertz CT molecular complexity index is 418. The predicted molar refractivity (Wildman–Crippen MR) is 68.5 cm³/mol. The van der Waals surface area contributed by atoms with E-state index in [4.69, 9.17) is 16.7 Å². The van der Waals surface area contributed by atoms with E-state index in [0.717, 1.165) is 0 Å². The van der Waals surface area contributed by atoms with Gasteiger partial charge in [0, 0.05) is 17.1 Å². The predicted octanol–water partition coefficient (Wildman–Crippen LogP) is 0.567. The van der Waals surface area contributed by atoms with E-state index in [2.05, 4.69) is 10.6 Å². The first-order chi connectivity index (χ1) is 8.49. The highest BCUT2D eigenvalue weighted by molar-refractivity contribution is 6.30. The van der Waals surface area contributed by atoms with Crippen molar-refractivity contribution in [2.24, 2.45) is 0 Å². The molecule has 2 amide bonds. The number of hydrogen-bond donors (Lipinski definition) is 3. The maximum Gasteiger partial charge on any atom is 0.251 e. The van der Waals surface area contributed by atoms with Crippen LogP contribution in [-0.2, 0) is 4.79 Å². The van der Waals surface area contributed by atoms with Gasteiger partial charge in [-0.1, -0.05) is 11.6 Å². The summed E-state index contributed by atoms with van der Waals surface area (Å²) >= 11 is 5.70. The Kier molecular flexibility index (Phi) is 5.61. The molecule has 0 saturated carbocycles. The number of aliphatic hydroxyl groups excluding tert-OH is 1. The first-order valence-electron chi connectivity index (χ1n) is 5.47. The molecule has 3 N–H and O–H groups in total. The molecule has 98 valence electrons. The second-order valence-electron chi connectivity index (χ2n) is 3.84. The van der Waals surface area contributed by atoms with Crippen LogP contribution >= 0.6 is 11.6 Å². The van der Waals surface area contributed by atoms with E-state index in [1.807, 2.05) is 0 Å². The number of rotatable bonds is 5. The summed E-state index contributed by atoms with van der Waals surface area (Å²) in [5.41, 5.74) is 0.433. The molecule has 0 aliphatic rings. The van der Waals surface area contributed by atoms with Crippen molar-refractivity contribution in [3.63, 3.8) is 0 Å². The summed E-state index contributed by atoms with van der Waals surface area (Å²) in [6, 6.07) is 6.35. The average Bonchev–Trinajstić information content (AvgIpc) is 2.34. The van der Waals surface area contributed by atoms with Gasteiger partial charge in [0.2, 0.25) is 5.91 Å². The normalized spacial score (nSPS) is 11.7. The second-order valence-corrected chi connectivity index (χ2v) is 4.28. The Morgan fingerprint density at radius 1 is 1.28 bits per heavy atom. The van der Waals surface area contributed by atoms with Crippen molar-refractivity contribution >= 4 is 23.4 Å². The van der Waals surface area contributed by atoms with Crippen molar-refractivity contribution < 1.29 is 14.7 Å². The Hall–Kier alpha value is -1.59. The molecule has 0 saturated heterocycles. The first-order valence-corrected chi connectivity index (χ1v) is 5.85. The monoisotopic (exact) mass is 270 g/mol. The lowest BCUT2D eigenvalue weighted by Gasteiger charge is -2.08. The highest BCUT2D eigenvalue weighted by Gasteiger charge is 2.08.